The molecule has 0 bridgehead atoms. The van der Waals surface area contributed by atoms with Crippen molar-refractivity contribution >= 4 is 17.9 Å². The third kappa shape index (κ3) is 5.10. The predicted octanol–water partition coefficient (Wildman–Crippen LogP) is 2.06. The summed E-state index contributed by atoms with van der Waals surface area (Å²) in [5, 5.41) is 2.60. The Bertz CT molecular complexity index is 750. The average molecular weight is 340 g/mol. The van der Waals surface area contributed by atoms with Crippen LogP contribution >= 0.6 is 0 Å². The highest BCUT2D eigenvalue weighted by atomic mass is 16.5. The van der Waals surface area contributed by atoms with Gasteiger partial charge in [0.15, 0.2) is 0 Å². The molecule has 6 nitrogen and oxygen atoms in total. The summed E-state index contributed by atoms with van der Waals surface area (Å²) in [7, 11) is 3.10. The van der Waals surface area contributed by atoms with Gasteiger partial charge in [-0.15, -0.1) is 0 Å². The number of carbonyl (C=O) groups excluding carboxylic acids is 2. The topological polar surface area (TPSA) is 90.6 Å². The highest BCUT2D eigenvalue weighted by Crippen LogP contribution is 2.23. The zero-order chi connectivity index (χ0) is 18.2. The molecule has 2 rings (SSSR count). The number of amides is 2. The van der Waals surface area contributed by atoms with Gasteiger partial charge in [0.1, 0.15) is 17.5 Å². The van der Waals surface area contributed by atoms with E-state index in [0.29, 0.717) is 17.1 Å². The number of carbonyl (C=O) groups is 2. The van der Waals surface area contributed by atoms with Crippen LogP contribution in [0.3, 0.4) is 0 Å². The van der Waals surface area contributed by atoms with Crippen molar-refractivity contribution in [3.63, 3.8) is 0 Å². The van der Waals surface area contributed by atoms with Gasteiger partial charge in [-0.05, 0) is 29.3 Å². The minimum absolute atomic E-state index is 0.436. The Balaban J connectivity index is 2.13. The fourth-order valence-corrected chi connectivity index (χ4v) is 2.25. The van der Waals surface area contributed by atoms with Gasteiger partial charge in [-0.3, -0.25) is 9.59 Å². The van der Waals surface area contributed by atoms with Crippen LogP contribution in [-0.4, -0.2) is 26.0 Å². The van der Waals surface area contributed by atoms with E-state index in [0.717, 1.165) is 5.56 Å². The first-order valence-electron chi connectivity index (χ1n) is 7.59. The summed E-state index contributed by atoms with van der Waals surface area (Å²) < 4.78 is 10.4. The maximum Gasteiger partial charge on any atom is 0.244 e. The Morgan fingerprint density at radius 1 is 1.04 bits per heavy atom. The molecule has 1 atom stereocenters. The van der Waals surface area contributed by atoms with Gasteiger partial charge in [0.2, 0.25) is 11.8 Å². The molecule has 2 aromatic carbocycles. The molecule has 0 saturated heterocycles. The third-order valence-electron chi connectivity index (χ3n) is 3.50. The number of nitrogens with two attached hydrogens (primary N) is 1. The largest absolute Gasteiger partial charge is 0.497 e. The van der Waals surface area contributed by atoms with Gasteiger partial charge in [0.25, 0.3) is 0 Å². The summed E-state index contributed by atoms with van der Waals surface area (Å²) in [5.41, 5.74) is 6.74. The van der Waals surface area contributed by atoms with Gasteiger partial charge in [-0.25, -0.2) is 0 Å². The fraction of sp³-hybridized carbons (Fsp3) is 0.158. The van der Waals surface area contributed by atoms with Crippen molar-refractivity contribution in [1.82, 2.24) is 5.32 Å². The van der Waals surface area contributed by atoms with Crippen molar-refractivity contribution < 1.29 is 19.1 Å². The fourth-order valence-electron chi connectivity index (χ4n) is 2.25. The van der Waals surface area contributed by atoms with Crippen LogP contribution in [0.4, 0.5) is 0 Å². The molecule has 25 heavy (non-hydrogen) atoms. The Morgan fingerprint density at radius 3 is 2.16 bits per heavy atom. The number of benzene rings is 2. The number of rotatable bonds is 7. The molecule has 130 valence electrons. The van der Waals surface area contributed by atoms with Crippen LogP contribution in [0.5, 0.6) is 11.5 Å². The SMILES string of the molecule is COc1cc(/C=C/C(=O)NC(C(N)=O)c2ccccc2)cc(OC)c1. The lowest BCUT2D eigenvalue weighted by Gasteiger charge is -2.14. The highest BCUT2D eigenvalue weighted by Gasteiger charge is 2.18. The number of hydrogen-bond acceptors (Lipinski definition) is 4. The van der Waals surface area contributed by atoms with Crippen LogP contribution in [0.15, 0.2) is 54.6 Å². The van der Waals surface area contributed by atoms with Crippen LogP contribution in [0, 0.1) is 0 Å². The number of methoxy groups -OCH3 is 2. The van der Waals surface area contributed by atoms with E-state index in [-0.39, 0.29) is 0 Å². The first kappa shape index (κ1) is 18.1. The molecule has 1 unspecified atom stereocenters. The van der Waals surface area contributed by atoms with E-state index in [2.05, 4.69) is 5.32 Å². The Labute approximate surface area is 146 Å². The van der Waals surface area contributed by atoms with E-state index >= 15 is 0 Å². The summed E-state index contributed by atoms with van der Waals surface area (Å²) in [4.78, 5) is 23.8. The molecule has 0 heterocycles. The van der Waals surface area contributed by atoms with Crippen molar-refractivity contribution in [1.29, 1.82) is 0 Å². The van der Waals surface area contributed by atoms with Crippen LogP contribution in [0.25, 0.3) is 6.08 Å². The molecule has 0 aliphatic heterocycles. The lowest BCUT2D eigenvalue weighted by atomic mass is 10.1. The molecule has 2 aromatic rings. The monoisotopic (exact) mass is 340 g/mol. The average Bonchev–Trinajstić information content (AvgIpc) is 2.64. The summed E-state index contributed by atoms with van der Waals surface area (Å²) in [6.07, 6.45) is 2.93. The van der Waals surface area contributed by atoms with Gasteiger partial charge in [-0.1, -0.05) is 30.3 Å². The van der Waals surface area contributed by atoms with E-state index in [1.54, 1.807) is 62.8 Å². The van der Waals surface area contributed by atoms with Gasteiger partial charge in [-0.2, -0.15) is 0 Å². The zero-order valence-electron chi connectivity index (χ0n) is 14.1. The second-order valence-electron chi connectivity index (χ2n) is 5.23. The van der Waals surface area contributed by atoms with E-state index < -0.39 is 17.9 Å². The molecular formula is C19H20N2O4. The number of hydrogen-bond donors (Lipinski definition) is 2. The van der Waals surface area contributed by atoms with Gasteiger partial charge < -0.3 is 20.5 Å². The van der Waals surface area contributed by atoms with Crippen LogP contribution < -0.4 is 20.5 Å². The lowest BCUT2D eigenvalue weighted by molar-refractivity contribution is -0.125. The van der Waals surface area contributed by atoms with Gasteiger partial charge in [0.05, 0.1) is 14.2 Å². The zero-order valence-corrected chi connectivity index (χ0v) is 14.1. The first-order chi connectivity index (χ1) is 12.0. The van der Waals surface area contributed by atoms with Crippen molar-refractivity contribution in [3.05, 3.63) is 65.7 Å². The molecule has 0 aromatic heterocycles. The molecule has 0 radical (unpaired) electrons. The summed E-state index contributed by atoms with van der Waals surface area (Å²) in [6.45, 7) is 0. The minimum atomic E-state index is -0.891. The van der Waals surface area contributed by atoms with E-state index in [1.807, 2.05) is 6.07 Å². The molecule has 0 fully saturated rings. The molecule has 0 spiro atoms. The van der Waals surface area contributed by atoms with Crippen molar-refractivity contribution in [2.45, 2.75) is 6.04 Å². The molecule has 0 aliphatic rings. The molecular weight excluding hydrogens is 320 g/mol. The molecule has 6 heteroatoms. The maximum atomic E-state index is 12.1. The Hall–Kier alpha value is -3.28. The van der Waals surface area contributed by atoms with Gasteiger partial charge in [0, 0.05) is 12.1 Å². The lowest BCUT2D eigenvalue weighted by Crippen LogP contribution is -2.36. The molecule has 0 saturated carbocycles. The normalized spacial score (nSPS) is 11.8. The first-order valence-corrected chi connectivity index (χ1v) is 7.59. The second kappa shape index (κ2) is 8.54. The third-order valence-corrected chi connectivity index (χ3v) is 3.50. The standard InChI is InChI=1S/C19H20N2O4/c1-24-15-10-13(11-16(12-15)25-2)8-9-17(22)21-18(19(20)23)14-6-4-3-5-7-14/h3-12,18H,1-2H3,(H2,20,23)(H,21,22)/b9-8+. The Morgan fingerprint density at radius 2 is 1.64 bits per heavy atom. The van der Waals surface area contributed by atoms with E-state index in [9.17, 15) is 9.59 Å². The van der Waals surface area contributed by atoms with Crippen molar-refractivity contribution in [3.8, 4) is 11.5 Å². The smallest absolute Gasteiger partial charge is 0.244 e. The van der Waals surface area contributed by atoms with E-state index in [4.69, 9.17) is 15.2 Å². The number of nitrogens with one attached hydrogen (secondary N) is 1. The van der Waals surface area contributed by atoms with Crippen molar-refractivity contribution in [2.24, 2.45) is 5.73 Å². The summed E-state index contributed by atoms with van der Waals surface area (Å²) in [6, 6.07) is 13.2. The molecule has 0 aliphatic carbocycles. The second-order valence-corrected chi connectivity index (χ2v) is 5.23. The van der Waals surface area contributed by atoms with Crippen LogP contribution in [-0.2, 0) is 9.59 Å². The van der Waals surface area contributed by atoms with Crippen LogP contribution in [0.2, 0.25) is 0 Å². The highest BCUT2D eigenvalue weighted by molar-refractivity contribution is 5.95. The van der Waals surface area contributed by atoms with Gasteiger partial charge >= 0.3 is 0 Å². The number of ether oxygens (including phenoxy) is 2. The maximum absolute atomic E-state index is 12.1. The predicted molar refractivity (Wildman–Crippen MR) is 95.1 cm³/mol. The van der Waals surface area contributed by atoms with Crippen molar-refractivity contribution in [2.75, 3.05) is 14.2 Å². The Kier molecular flexibility index (Phi) is 6.17. The summed E-state index contributed by atoms with van der Waals surface area (Å²) >= 11 is 0. The quantitative estimate of drug-likeness (QED) is 0.755. The summed E-state index contributed by atoms with van der Waals surface area (Å²) in [5.74, 6) is 0.155. The molecule has 3 N–H and O–H groups in total. The minimum Gasteiger partial charge on any atom is -0.497 e. The van der Waals surface area contributed by atoms with E-state index in [1.165, 1.54) is 6.08 Å². The number of primary amides is 1. The van der Waals surface area contributed by atoms with Crippen LogP contribution in [0.1, 0.15) is 17.2 Å². The molecule has 2 amide bonds.